The lowest BCUT2D eigenvalue weighted by Crippen LogP contribution is -2.14. The van der Waals surface area contributed by atoms with Gasteiger partial charge in [-0.2, -0.15) is 13.2 Å². The molecule has 3 rings (SSSR count). The Morgan fingerprint density at radius 1 is 1.15 bits per heavy atom. The molecule has 1 N–H and O–H groups in total. The molecule has 0 fully saturated rings. The lowest BCUT2D eigenvalue weighted by atomic mass is 9.96. The van der Waals surface area contributed by atoms with Crippen molar-refractivity contribution in [3.05, 3.63) is 76.1 Å². The molecule has 3 nitrogen and oxygen atoms in total. The monoisotopic (exact) mass is 381 g/mol. The van der Waals surface area contributed by atoms with Gasteiger partial charge in [0, 0.05) is 17.1 Å². The van der Waals surface area contributed by atoms with Gasteiger partial charge in [0.25, 0.3) is 0 Å². The highest BCUT2D eigenvalue weighted by molar-refractivity contribution is 6.32. The summed E-state index contributed by atoms with van der Waals surface area (Å²) in [7, 11) is 0. The van der Waals surface area contributed by atoms with Crippen LogP contribution in [0.3, 0.4) is 0 Å². The third-order valence-electron chi connectivity index (χ3n) is 3.95. The topological polar surface area (TPSA) is 38.3 Å². The van der Waals surface area contributed by atoms with Crippen LogP contribution in [-0.4, -0.2) is 12.3 Å². The van der Waals surface area contributed by atoms with Gasteiger partial charge in [0.1, 0.15) is 0 Å². The Balaban J connectivity index is 2.05. The van der Waals surface area contributed by atoms with Crippen molar-refractivity contribution < 1.29 is 22.7 Å². The predicted octanol–water partition coefficient (Wildman–Crippen LogP) is 4.98. The fourth-order valence-electron chi connectivity index (χ4n) is 2.78. The fraction of sp³-hybridized carbons (Fsp3) is 0.211. The molecule has 2 aromatic rings. The molecule has 0 amide bonds. The van der Waals surface area contributed by atoms with Crippen LogP contribution in [0.5, 0.6) is 0 Å². The standard InChI is InChI=1S/C19H15ClF3NO2/c1-2-24-18-15(11-6-5-7-12(10-11)19(21,22)23)16(25)17(26-18)13-8-3-4-9-14(13)20/h3-10,17,24H,2H2,1H3. The van der Waals surface area contributed by atoms with E-state index in [9.17, 15) is 18.0 Å². The average molecular weight is 382 g/mol. The van der Waals surface area contributed by atoms with Crippen molar-refractivity contribution in [3.8, 4) is 0 Å². The van der Waals surface area contributed by atoms with Gasteiger partial charge in [0.2, 0.25) is 5.78 Å². The molecule has 0 spiro atoms. The Morgan fingerprint density at radius 3 is 2.54 bits per heavy atom. The summed E-state index contributed by atoms with van der Waals surface area (Å²) in [4.78, 5) is 12.9. The number of rotatable bonds is 4. The molecule has 26 heavy (non-hydrogen) atoms. The molecule has 1 aliphatic heterocycles. The Labute approximate surface area is 153 Å². The normalized spacial score (nSPS) is 17.4. The van der Waals surface area contributed by atoms with Crippen LogP contribution >= 0.6 is 11.6 Å². The summed E-state index contributed by atoms with van der Waals surface area (Å²) in [5, 5.41) is 3.27. The molecule has 0 saturated carbocycles. The molecule has 2 aromatic carbocycles. The van der Waals surface area contributed by atoms with E-state index < -0.39 is 23.6 Å². The van der Waals surface area contributed by atoms with Crippen molar-refractivity contribution >= 4 is 23.0 Å². The first-order chi connectivity index (χ1) is 12.3. The van der Waals surface area contributed by atoms with E-state index in [0.29, 0.717) is 17.1 Å². The van der Waals surface area contributed by atoms with Gasteiger partial charge >= 0.3 is 6.18 Å². The minimum absolute atomic E-state index is 0.0860. The molecule has 1 atom stereocenters. The number of alkyl halides is 3. The molecular formula is C19H15ClF3NO2. The number of carbonyl (C=O) groups is 1. The summed E-state index contributed by atoms with van der Waals surface area (Å²) in [6.07, 6.45) is -5.50. The Hall–Kier alpha value is -2.47. The third kappa shape index (κ3) is 3.42. The number of ketones is 1. The number of nitrogens with one attached hydrogen (secondary N) is 1. The molecule has 1 unspecified atom stereocenters. The molecular weight excluding hydrogens is 367 g/mol. The maximum Gasteiger partial charge on any atom is 0.416 e. The van der Waals surface area contributed by atoms with Crippen molar-refractivity contribution in [1.29, 1.82) is 0 Å². The quantitative estimate of drug-likeness (QED) is 0.812. The van der Waals surface area contributed by atoms with Crippen LogP contribution < -0.4 is 5.32 Å². The molecule has 0 saturated heterocycles. The SMILES string of the molecule is CCNC1=C(c2cccc(C(F)(F)F)c2)C(=O)C(c2ccccc2Cl)O1. The molecule has 7 heteroatoms. The minimum atomic E-state index is -4.50. The second kappa shape index (κ2) is 7.03. The summed E-state index contributed by atoms with van der Waals surface area (Å²) in [5.74, 6) is -0.282. The number of hydrogen-bond acceptors (Lipinski definition) is 3. The fourth-order valence-corrected chi connectivity index (χ4v) is 3.02. The minimum Gasteiger partial charge on any atom is -0.462 e. The molecule has 0 aliphatic carbocycles. The van der Waals surface area contributed by atoms with E-state index in [-0.39, 0.29) is 17.0 Å². The number of carbonyl (C=O) groups excluding carboxylic acids is 1. The molecule has 0 bridgehead atoms. The molecule has 0 radical (unpaired) electrons. The highest BCUT2D eigenvalue weighted by Gasteiger charge is 2.39. The van der Waals surface area contributed by atoms with Crippen LogP contribution in [-0.2, 0) is 15.7 Å². The largest absolute Gasteiger partial charge is 0.462 e. The highest BCUT2D eigenvalue weighted by atomic mass is 35.5. The summed E-state index contributed by atoms with van der Waals surface area (Å²) >= 11 is 6.15. The zero-order valence-corrected chi connectivity index (χ0v) is 14.5. The van der Waals surface area contributed by atoms with Gasteiger partial charge in [-0.1, -0.05) is 41.9 Å². The second-order valence-corrected chi connectivity index (χ2v) is 6.10. The van der Waals surface area contributed by atoms with E-state index in [2.05, 4.69) is 5.32 Å². The summed E-state index contributed by atoms with van der Waals surface area (Å²) < 4.78 is 44.8. The van der Waals surface area contributed by atoms with E-state index in [1.807, 2.05) is 0 Å². The first-order valence-electron chi connectivity index (χ1n) is 7.94. The average Bonchev–Trinajstić information content (AvgIpc) is 2.91. The Kier molecular flexibility index (Phi) is 4.96. The van der Waals surface area contributed by atoms with Gasteiger partial charge in [-0.3, -0.25) is 4.79 Å². The van der Waals surface area contributed by atoms with E-state index in [1.54, 1.807) is 31.2 Å². The van der Waals surface area contributed by atoms with Crippen LogP contribution in [0.25, 0.3) is 5.57 Å². The zero-order chi connectivity index (χ0) is 18.9. The third-order valence-corrected chi connectivity index (χ3v) is 4.30. The lowest BCUT2D eigenvalue weighted by molar-refractivity contribution is -0.137. The maximum atomic E-state index is 13.0. The van der Waals surface area contributed by atoms with Crippen molar-refractivity contribution in [2.45, 2.75) is 19.2 Å². The number of hydrogen-bond donors (Lipinski definition) is 1. The number of benzene rings is 2. The van der Waals surface area contributed by atoms with Crippen molar-refractivity contribution in [3.63, 3.8) is 0 Å². The van der Waals surface area contributed by atoms with Gasteiger partial charge < -0.3 is 10.1 Å². The Bertz CT molecular complexity index is 877. The number of halogens is 4. The van der Waals surface area contributed by atoms with Crippen LogP contribution in [0, 0.1) is 0 Å². The van der Waals surface area contributed by atoms with Gasteiger partial charge in [0.05, 0.1) is 11.1 Å². The molecule has 1 heterocycles. The summed E-state index contributed by atoms with van der Waals surface area (Å²) in [5.41, 5.74) is -0.123. The van der Waals surface area contributed by atoms with Gasteiger partial charge in [-0.25, -0.2) is 0 Å². The van der Waals surface area contributed by atoms with E-state index in [4.69, 9.17) is 16.3 Å². The Morgan fingerprint density at radius 2 is 1.88 bits per heavy atom. The van der Waals surface area contributed by atoms with Crippen molar-refractivity contribution in [1.82, 2.24) is 5.32 Å². The number of ether oxygens (including phenoxy) is 1. The smallest absolute Gasteiger partial charge is 0.416 e. The molecule has 0 aromatic heterocycles. The predicted molar refractivity (Wildman–Crippen MR) is 92.3 cm³/mol. The van der Waals surface area contributed by atoms with Crippen molar-refractivity contribution in [2.24, 2.45) is 0 Å². The molecule has 1 aliphatic rings. The van der Waals surface area contributed by atoms with Gasteiger partial charge in [-0.15, -0.1) is 0 Å². The lowest BCUT2D eigenvalue weighted by Gasteiger charge is -2.13. The maximum absolute atomic E-state index is 13.0. The molecule has 136 valence electrons. The van der Waals surface area contributed by atoms with Crippen LogP contribution in [0.15, 0.2) is 54.4 Å². The highest BCUT2D eigenvalue weighted by Crippen LogP contribution is 2.40. The first-order valence-corrected chi connectivity index (χ1v) is 8.31. The summed E-state index contributed by atoms with van der Waals surface area (Å²) in [6.45, 7) is 2.24. The van der Waals surface area contributed by atoms with E-state index >= 15 is 0 Å². The first kappa shape index (κ1) is 18.3. The summed E-state index contributed by atoms with van der Waals surface area (Å²) in [6, 6.07) is 11.4. The van der Waals surface area contributed by atoms with Crippen LogP contribution in [0.2, 0.25) is 5.02 Å². The van der Waals surface area contributed by atoms with Gasteiger partial charge in [0.15, 0.2) is 12.0 Å². The number of Topliss-reactive ketones (excluding diaryl/α,β-unsaturated/α-hetero) is 1. The van der Waals surface area contributed by atoms with Crippen LogP contribution in [0.4, 0.5) is 13.2 Å². The zero-order valence-electron chi connectivity index (χ0n) is 13.7. The van der Waals surface area contributed by atoms with E-state index in [0.717, 1.165) is 12.1 Å². The van der Waals surface area contributed by atoms with Crippen molar-refractivity contribution in [2.75, 3.05) is 6.54 Å². The van der Waals surface area contributed by atoms with Gasteiger partial charge in [-0.05, 0) is 30.7 Å². The van der Waals surface area contributed by atoms with Crippen LogP contribution in [0.1, 0.15) is 29.7 Å². The second-order valence-electron chi connectivity index (χ2n) is 5.70. The van der Waals surface area contributed by atoms with E-state index in [1.165, 1.54) is 12.1 Å².